The monoisotopic (exact) mass is 399 g/mol. The zero-order valence-electron chi connectivity index (χ0n) is 17.9. The van der Waals surface area contributed by atoms with Gasteiger partial charge in [-0.1, -0.05) is 26.2 Å². The first-order valence-corrected chi connectivity index (χ1v) is 11.3. The van der Waals surface area contributed by atoms with Gasteiger partial charge in [0.1, 0.15) is 11.8 Å². The summed E-state index contributed by atoms with van der Waals surface area (Å²) in [6, 6.07) is 9.34. The topological polar surface area (TPSA) is 60.5 Å². The molecule has 1 aromatic heterocycles. The summed E-state index contributed by atoms with van der Waals surface area (Å²) in [7, 11) is 1.72. The second-order valence-electron chi connectivity index (χ2n) is 8.46. The van der Waals surface area contributed by atoms with Crippen molar-refractivity contribution in [3.63, 3.8) is 0 Å². The van der Waals surface area contributed by atoms with Crippen LogP contribution in [0.3, 0.4) is 0 Å². The van der Waals surface area contributed by atoms with Gasteiger partial charge < -0.3 is 14.5 Å². The molecule has 0 spiro atoms. The number of nitrogens with one attached hydrogen (secondary N) is 1. The number of ether oxygens (including phenoxy) is 1. The van der Waals surface area contributed by atoms with E-state index in [0.29, 0.717) is 12.1 Å². The minimum Gasteiger partial charge on any atom is -0.497 e. The second kappa shape index (κ2) is 9.57. The molecule has 0 amide bonds. The second-order valence-corrected chi connectivity index (χ2v) is 8.46. The highest BCUT2D eigenvalue weighted by Gasteiger charge is 2.34. The maximum Gasteiger partial charge on any atom is 0.209 e. The fraction of sp³-hybridized carbons (Fsp3) is 0.682. The Morgan fingerprint density at radius 3 is 2.52 bits per heavy atom. The first kappa shape index (κ1) is 20.1. The van der Waals surface area contributed by atoms with Gasteiger partial charge in [0, 0.05) is 12.1 Å². The zero-order chi connectivity index (χ0) is 20.1. The molecule has 7 heteroatoms. The van der Waals surface area contributed by atoms with Crippen molar-refractivity contribution in [2.45, 2.75) is 64.0 Å². The van der Waals surface area contributed by atoms with E-state index in [9.17, 15) is 0 Å². The minimum atomic E-state index is 0.406. The Bertz CT molecular complexity index is 747. The summed E-state index contributed by atoms with van der Waals surface area (Å²) in [6.45, 7) is 6.65. The Labute approximate surface area is 174 Å². The Morgan fingerprint density at radius 1 is 1.14 bits per heavy atom. The van der Waals surface area contributed by atoms with Crippen LogP contribution in [0.4, 0.5) is 5.69 Å². The van der Waals surface area contributed by atoms with E-state index in [0.717, 1.165) is 37.8 Å². The molecule has 1 aromatic carbocycles. The summed E-state index contributed by atoms with van der Waals surface area (Å²) in [5, 5.41) is 13.1. The molecule has 158 valence electrons. The van der Waals surface area contributed by atoms with E-state index < -0.39 is 0 Å². The van der Waals surface area contributed by atoms with E-state index in [-0.39, 0.29) is 0 Å². The Hall–Kier alpha value is -2.15. The lowest BCUT2D eigenvalue weighted by molar-refractivity contribution is -0.933. The van der Waals surface area contributed by atoms with E-state index in [1.807, 2.05) is 12.1 Å². The number of piperazine rings is 1. The summed E-state index contributed by atoms with van der Waals surface area (Å²) in [4.78, 5) is 4.12. The molecule has 0 bridgehead atoms. The van der Waals surface area contributed by atoms with Crippen molar-refractivity contribution in [3.05, 3.63) is 30.1 Å². The number of rotatable bonds is 8. The van der Waals surface area contributed by atoms with Crippen molar-refractivity contribution >= 4 is 5.69 Å². The molecule has 7 nitrogen and oxygen atoms in total. The third-order valence-electron chi connectivity index (χ3n) is 6.68. The van der Waals surface area contributed by atoms with Gasteiger partial charge in [0.15, 0.2) is 0 Å². The third-order valence-corrected chi connectivity index (χ3v) is 6.68. The van der Waals surface area contributed by atoms with Crippen LogP contribution in [0, 0.1) is 0 Å². The quantitative estimate of drug-likeness (QED) is 0.739. The molecule has 2 fully saturated rings. The van der Waals surface area contributed by atoms with Gasteiger partial charge in [-0.2, -0.15) is 0 Å². The average Bonchev–Trinajstić information content (AvgIpc) is 3.47. The van der Waals surface area contributed by atoms with Crippen LogP contribution in [0.15, 0.2) is 24.3 Å². The fourth-order valence-corrected chi connectivity index (χ4v) is 4.96. The minimum absolute atomic E-state index is 0.406. The maximum absolute atomic E-state index is 5.29. The van der Waals surface area contributed by atoms with Gasteiger partial charge in [0.05, 0.1) is 39.3 Å². The van der Waals surface area contributed by atoms with Gasteiger partial charge in [0.25, 0.3) is 0 Å². The predicted octanol–water partition coefficient (Wildman–Crippen LogP) is 2.43. The van der Waals surface area contributed by atoms with E-state index >= 15 is 0 Å². The highest BCUT2D eigenvalue weighted by molar-refractivity contribution is 5.49. The lowest BCUT2D eigenvalue weighted by Crippen LogP contribution is -3.15. The first-order chi connectivity index (χ1) is 14.3. The van der Waals surface area contributed by atoms with Gasteiger partial charge in [-0.05, 0) is 54.0 Å². The number of unbranched alkanes of at least 4 members (excludes halogenated alkanes) is 1. The van der Waals surface area contributed by atoms with E-state index in [1.54, 1.807) is 12.0 Å². The van der Waals surface area contributed by atoms with Crippen LogP contribution >= 0.6 is 0 Å². The highest BCUT2D eigenvalue weighted by atomic mass is 16.5. The molecule has 2 aromatic rings. The van der Waals surface area contributed by atoms with E-state index in [2.05, 4.69) is 44.2 Å². The molecule has 1 saturated carbocycles. The predicted molar refractivity (Wildman–Crippen MR) is 113 cm³/mol. The van der Waals surface area contributed by atoms with Gasteiger partial charge in [-0.15, -0.1) is 5.10 Å². The standard InChI is InChI=1S/C22H34N6O/c1-3-4-9-21(22-23-24-25-28(22)19-7-5-6-8-19)27-16-14-26(15-17-27)18-10-12-20(29-2)13-11-18/h10-13,19,21H,3-9,14-17H2,1-2H3/p+1/t21-/m1/s1. The Balaban J connectivity index is 1.45. The Morgan fingerprint density at radius 2 is 1.86 bits per heavy atom. The van der Waals surface area contributed by atoms with Crippen LogP contribution in [-0.2, 0) is 0 Å². The molecule has 2 aliphatic rings. The summed E-state index contributed by atoms with van der Waals surface area (Å²) >= 11 is 0. The Kier molecular flexibility index (Phi) is 6.64. The fourth-order valence-electron chi connectivity index (χ4n) is 4.96. The molecule has 1 saturated heterocycles. The number of hydrogen-bond donors (Lipinski definition) is 1. The molecule has 4 rings (SSSR count). The third kappa shape index (κ3) is 4.55. The van der Waals surface area contributed by atoms with Gasteiger partial charge in [0.2, 0.25) is 5.82 Å². The highest BCUT2D eigenvalue weighted by Crippen LogP contribution is 2.30. The molecule has 1 aliphatic carbocycles. The number of quaternary nitrogens is 1. The first-order valence-electron chi connectivity index (χ1n) is 11.3. The van der Waals surface area contributed by atoms with Crippen molar-refractivity contribution in [2.75, 3.05) is 38.2 Å². The number of nitrogens with zero attached hydrogens (tertiary/aromatic N) is 5. The molecule has 29 heavy (non-hydrogen) atoms. The summed E-state index contributed by atoms with van der Waals surface area (Å²) in [5.74, 6) is 2.04. The van der Waals surface area contributed by atoms with Crippen molar-refractivity contribution in [3.8, 4) is 5.75 Å². The van der Waals surface area contributed by atoms with Crippen LogP contribution < -0.4 is 14.5 Å². The molecule has 1 N–H and O–H groups in total. The molecular weight excluding hydrogens is 364 g/mol. The lowest BCUT2D eigenvalue weighted by Gasteiger charge is -2.37. The largest absolute Gasteiger partial charge is 0.497 e. The number of anilines is 1. The van der Waals surface area contributed by atoms with Gasteiger partial charge >= 0.3 is 0 Å². The molecular formula is C22H35N6O+. The van der Waals surface area contributed by atoms with E-state index in [1.165, 1.54) is 50.6 Å². The van der Waals surface area contributed by atoms with Crippen LogP contribution in [0.5, 0.6) is 5.75 Å². The normalized spacial score (nSPS) is 19.6. The molecule has 0 radical (unpaired) electrons. The number of methoxy groups -OCH3 is 1. The van der Waals surface area contributed by atoms with Crippen LogP contribution in [-0.4, -0.2) is 53.5 Å². The number of aromatic nitrogens is 4. The van der Waals surface area contributed by atoms with Crippen molar-refractivity contribution in [2.24, 2.45) is 0 Å². The van der Waals surface area contributed by atoms with Crippen molar-refractivity contribution in [1.29, 1.82) is 0 Å². The molecule has 2 heterocycles. The van der Waals surface area contributed by atoms with Gasteiger partial charge in [-0.25, -0.2) is 4.68 Å². The molecule has 0 unspecified atom stereocenters. The van der Waals surface area contributed by atoms with Crippen LogP contribution in [0.25, 0.3) is 0 Å². The smallest absolute Gasteiger partial charge is 0.209 e. The number of benzene rings is 1. The number of hydrogen-bond acceptors (Lipinski definition) is 5. The van der Waals surface area contributed by atoms with Crippen molar-refractivity contribution in [1.82, 2.24) is 20.2 Å². The molecule has 1 atom stereocenters. The number of tetrazole rings is 1. The SMILES string of the molecule is CCCC[C@H](c1nnnn1C1CCCC1)[NH+]1CCN(c2ccc(OC)cc2)CC1. The van der Waals surface area contributed by atoms with Crippen LogP contribution in [0.1, 0.15) is 69.8 Å². The van der Waals surface area contributed by atoms with Crippen molar-refractivity contribution < 1.29 is 9.64 Å². The van der Waals surface area contributed by atoms with Crippen LogP contribution in [0.2, 0.25) is 0 Å². The molecule has 1 aliphatic heterocycles. The summed E-state index contributed by atoms with van der Waals surface area (Å²) in [6.07, 6.45) is 8.66. The maximum atomic E-state index is 5.29. The van der Waals surface area contributed by atoms with Gasteiger partial charge in [-0.3, -0.25) is 0 Å². The average molecular weight is 400 g/mol. The lowest BCUT2D eigenvalue weighted by atomic mass is 10.1. The zero-order valence-corrected chi connectivity index (χ0v) is 17.9. The summed E-state index contributed by atoms with van der Waals surface area (Å²) < 4.78 is 7.47. The van der Waals surface area contributed by atoms with E-state index in [4.69, 9.17) is 4.74 Å². The summed E-state index contributed by atoms with van der Waals surface area (Å²) in [5.41, 5.74) is 1.28.